The Morgan fingerprint density at radius 1 is 1.12 bits per heavy atom. The van der Waals surface area contributed by atoms with Crippen molar-refractivity contribution in [3.8, 4) is 11.4 Å². The van der Waals surface area contributed by atoms with Gasteiger partial charge in [0, 0.05) is 28.3 Å². The third-order valence-corrected chi connectivity index (χ3v) is 4.89. The third-order valence-electron chi connectivity index (χ3n) is 3.38. The van der Waals surface area contributed by atoms with Crippen LogP contribution in [0.25, 0.3) is 11.4 Å². The molecular weight excluding hydrogens is 379 g/mol. The van der Waals surface area contributed by atoms with Crippen molar-refractivity contribution in [3.63, 3.8) is 0 Å². The largest absolute Gasteiger partial charge is 0.325 e. The molecule has 3 aromatic rings. The zero-order valence-electron chi connectivity index (χ0n) is 13.2. The Balaban J connectivity index is 1.64. The third kappa shape index (κ3) is 4.54. The number of benzene rings is 2. The topological polar surface area (TPSA) is 59.8 Å². The summed E-state index contributed by atoms with van der Waals surface area (Å²) in [6.07, 6.45) is 0. The van der Waals surface area contributed by atoms with Gasteiger partial charge in [-0.2, -0.15) is 0 Å². The highest BCUT2D eigenvalue weighted by Crippen LogP contribution is 2.24. The summed E-state index contributed by atoms with van der Waals surface area (Å²) in [7, 11) is 1.86. The van der Waals surface area contributed by atoms with E-state index in [1.807, 2.05) is 29.8 Å². The van der Waals surface area contributed by atoms with E-state index in [0.717, 1.165) is 5.56 Å². The Morgan fingerprint density at radius 3 is 2.60 bits per heavy atom. The van der Waals surface area contributed by atoms with Gasteiger partial charge in [-0.15, -0.1) is 10.2 Å². The molecule has 1 N–H and O–H groups in total. The van der Waals surface area contributed by atoms with Crippen molar-refractivity contribution in [1.29, 1.82) is 0 Å². The molecule has 1 heterocycles. The number of halogens is 2. The van der Waals surface area contributed by atoms with Gasteiger partial charge in [0.15, 0.2) is 11.0 Å². The second-order valence-electron chi connectivity index (χ2n) is 5.22. The highest BCUT2D eigenvalue weighted by Gasteiger charge is 2.13. The lowest BCUT2D eigenvalue weighted by atomic mass is 10.2. The standard InChI is InChI=1S/C17H14Cl2N4OS/c1-23-16(11-3-2-4-13(19)9-11)21-22-17(23)25-10-15(24)20-14-7-5-12(18)6-8-14/h2-9H,10H2,1H3,(H,20,24). The van der Waals surface area contributed by atoms with E-state index in [2.05, 4.69) is 15.5 Å². The van der Waals surface area contributed by atoms with E-state index in [9.17, 15) is 4.79 Å². The maximum absolute atomic E-state index is 12.1. The zero-order chi connectivity index (χ0) is 17.8. The number of hydrogen-bond donors (Lipinski definition) is 1. The summed E-state index contributed by atoms with van der Waals surface area (Å²) in [6.45, 7) is 0. The summed E-state index contributed by atoms with van der Waals surface area (Å²) in [5.41, 5.74) is 1.58. The minimum atomic E-state index is -0.125. The van der Waals surface area contributed by atoms with Gasteiger partial charge in [-0.05, 0) is 36.4 Å². The molecule has 0 atom stereocenters. The maximum Gasteiger partial charge on any atom is 0.234 e. The monoisotopic (exact) mass is 392 g/mol. The minimum absolute atomic E-state index is 0.125. The number of carbonyl (C=O) groups excluding carboxylic acids is 1. The van der Waals surface area contributed by atoms with Gasteiger partial charge in [-0.1, -0.05) is 47.1 Å². The maximum atomic E-state index is 12.1. The number of thioether (sulfide) groups is 1. The Morgan fingerprint density at radius 2 is 1.88 bits per heavy atom. The van der Waals surface area contributed by atoms with Gasteiger partial charge in [0.25, 0.3) is 0 Å². The molecule has 0 aliphatic carbocycles. The van der Waals surface area contributed by atoms with Gasteiger partial charge in [0.05, 0.1) is 5.75 Å². The molecule has 128 valence electrons. The number of anilines is 1. The van der Waals surface area contributed by atoms with E-state index in [-0.39, 0.29) is 11.7 Å². The molecule has 0 spiro atoms. The van der Waals surface area contributed by atoms with Gasteiger partial charge in [-0.3, -0.25) is 4.79 Å². The average Bonchev–Trinajstić information content (AvgIpc) is 2.96. The lowest BCUT2D eigenvalue weighted by molar-refractivity contribution is -0.113. The second-order valence-corrected chi connectivity index (χ2v) is 7.03. The Hall–Kier alpha value is -2.02. The molecule has 8 heteroatoms. The number of aromatic nitrogens is 3. The van der Waals surface area contributed by atoms with Gasteiger partial charge in [-0.25, -0.2) is 0 Å². The molecule has 0 unspecified atom stereocenters. The lowest BCUT2D eigenvalue weighted by Gasteiger charge is -2.06. The van der Waals surface area contributed by atoms with Gasteiger partial charge < -0.3 is 9.88 Å². The quantitative estimate of drug-likeness (QED) is 0.648. The summed E-state index contributed by atoms with van der Waals surface area (Å²) in [4.78, 5) is 12.1. The van der Waals surface area contributed by atoms with Gasteiger partial charge in [0.1, 0.15) is 0 Å². The van der Waals surface area contributed by atoms with Crippen molar-refractivity contribution in [1.82, 2.24) is 14.8 Å². The van der Waals surface area contributed by atoms with Crippen LogP contribution in [0.1, 0.15) is 0 Å². The summed E-state index contributed by atoms with van der Waals surface area (Å²) < 4.78 is 1.84. The van der Waals surface area contributed by atoms with E-state index < -0.39 is 0 Å². The molecule has 0 saturated carbocycles. The van der Waals surface area contributed by atoms with E-state index in [4.69, 9.17) is 23.2 Å². The number of rotatable bonds is 5. The fourth-order valence-corrected chi connectivity index (χ4v) is 3.21. The predicted octanol–water partition coefficient (Wildman–Crippen LogP) is 4.52. The average molecular weight is 393 g/mol. The zero-order valence-corrected chi connectivity index (χ0v) is 15.6. The van der Waals surface area contributed by atoms with E-state index in [1.54, 1.807) is 30.3 Å². The molecule has 1 aromatic heterocycles. The first kappa shape index (κ1) is 17.8. The number of nitrogens with one attached hydrogen (secondary N) is 1. The van der Waals surface area contributed by atoms with Crippen LogP contribution < -0.4 is 5.32 Å². The summed E-state index contributed by atoms with van der Waals surface area (Å²) >= 11 is 13.2. The van der Waals surface area contributed by atoms with E-state index >= 15 is 0 Å². The van der Waals surface area contributed by atoms with Crippen molar-refractivity contribution >= 4 is 46.6 Å². The smallest absolute Gasteiger partial charge is 0.234 e. The molecule has 0 saturated heterocycles. The van der Waals surface area contributed by atoms with Crippen LogP contribution in [-0.2, 0) is 11.8 Å². The summed E-state index contributed by atoms with van der Waals surface area (Å²) in [5.74, 6) is 0.798. The fourth-order valence-electron chi connectivity index (χ4n) is 2.18. The normalized spacial score (nSPS) is 10.7. The molecule has 1 amide bonds. The van der Waals surface area contributed by atoms with E-state index in [0.29, 0.717) is 26.7 Å². The summed E-state index contributed by atoms with van der Waals surface area (Å²) in [6, 6.07) is 14.4. The Kier molecular flexibility index (Phi) is 5.63. The molecule has 0 bridgehead atoms. The molecule has 0 aliphatic heterocycles. The van der Waals surface area contributed by atoms with Crippen LogP contribution in [0.5, 0.6) is 0 Å². The van der Waals surface area contributed by atoms with Crippen LogP contribution in [0.4, 0.5) is 5.69 Å². The van der Waals surface area contributed by atoms with Crippen LogP contribution in [-0.4, -0.2) is 26.4 Å². The Labute approximate surface area is 159 Å². The van der Waals surface area contributed by atoms with Crippen LogP contribution in [0.15, 0.2) is 53.7 Å². The van der Waals surface area contributed by atoms with Crippen molar-refractivity contribution in [2.45, 2.75) is 5.16 Å². The van der Waals surface area contributed by atoms with Crippen LogP contribution in [0.2, 0.25) is 10.0 Å². The van der Waals surface area contributed by atoms with Crippen molar-refractivity contribution < 1.29 is 4.79 Å². The van der Waals surface area contributed by atoms with Crippen LogP contribution >= 0.6 is 35.0 Å². The van der Waals surface area contributed by atoms with E-state index in [1.165, 1.54) is 11.8 Å². The fraction of sp³-hybridized carbons (Fsp3) is 0.118. The first-order valence-corrected chi connectivity index (χ1v) is 9.10. The van der Waals surface area contributed by atoms with Gasteiger partial charge >= 0.3 is 0 Å². The Bertz CT molecular complexity index is 896. The number of carbonyl (C=O) groups is 1. The summed E-state index contributed by atoms with van der Waals surface area (Å²) in [5, 5.41) is 13.1. The van der Waals surface area contributed by atoms with Crippen molar-refractivity contribution in [2.24, 2.45) is 7.05 Å². The number of nitrogens with zero attached hydrogens (tertiary/aromatic N) is 3. The van der Waals surface area contributed by atoms with Crippen LogP contribution in [0, 0.1) is 0 Å². The van der Waals surface area contributed by atoms with Crippen molar-refractivity contribution in [2.75, 3.05) is 11.1 Å². The second kappa shape index (κ2) is 7.91. The number of amides is 1. The molecule has 2 aromatic carbocycles. The minimum Gasteiger partial charge on any atom is -0.325 e. The highest BCUT2D eigenvalue weighted by molar-refractivity contribution is 7.99. The molecule has 5 nitrogen and oxygen atoms in total. The SMILES string of the molecule is Cn1c(SCC(=O)Nc2ccc(Cl)cc2)nnc1-c1cccc(Cl)c1. The van der Waals surface area contributed by atoms with Crippen molar-refractivity contribution in [3.05, 3.63) is 58.6 Å². The molecular formula is C17H14Cl2N4OS. The first-order valence-electron chi connectivity index (χ1n) is 7.36. The van der Waals surface area contributed by atoms with Crippen LogP contribution in [0.3, 0.4) is 0 Å². The van der Waals surface area contributed by atoms with Gasteiger partial charge in [0.2, 0.25) is 5.91 Å². The lowest BCUT2D eigenvalue weighted by Crippen LogP contribution is -2.14. The predicted molar refractivity (Wildman–Crippen MR) is 102 cm³/mol. The molecule has 0 radical (unpaired) electrons. The molecule has 0 fully saturated rings. The molecule has 0 aliphatic rings. The number of hydrogen-bond acceptors (Lipinski definition) is 4. The highest BCUT2D eigenvalue weighted by atomic mass is 35.5. The molecule has 3 rings (SSSR count). The molecule has 25 heavy (non-hydrogen) atoms. The first-order chi connectivity index (χ1) is 12.0.